The zero-order valence-electron chi connectivity index (χ0n) is 11.3. The summed E-state index contributed by atoms with van der Waals surface area (Å²) in [5, 5.41) is 12.2. The number of hydrogen-bond donors (Lipinski definition) is 2. The fourth-order valence-electron chi connectivity index (χ4n) is 2.10. The van der Waals surface area contributed by atoms with Crippen LogP contribution in [0.15, 0.2) is 30.1 Å². The van der Waals surface area contributed by atoms with E-state index in [1.54, 1.807) is 0 Å². The third-order valence-corrected chi connectivity index (χ3v) is 3.34. The molecule has 5 nitrogen and oxygen atoms in total. The second-order valence-corrected chi connectivity index (χ2v) is 4.92. The number of aromatic hydroxyl groups is 1. The van der Waals surface area contributed by atoms with Crippen LogP contribution in [-0.4, -0.2) is 47.1 Å². The lowest BCUT2D eigenvalue weighted by atomic mass is 10.0. The van der Waals surface area contributed by atoms with Crippen LogP contribution >= 0.6 is 0 Å². The Bertz CT molecular complexity index is 499. The third-order valence-electron chi connectivity index (χ3n) is 3.34. The van der Waals surface area contributed by atoms with Gasteiger partial charge >= 0.3 is 0 Å². The van der Waals surface area contributed by atoms with E-state index in [-0.39, 0.29) is 17.7 Å². The van der Waals surface area contributed by atoms with E-state index in [2.05, 4.69) is 28.3 Å². The summed E-state index contributed by atoms with van der Waals surface area (Å²) in [6.45, 7) is 3.91. The summed E-state index contributed by atoms with van der Waals surface area (Å²) in [6.07, 6.45) is 5.88. The van der Waals surface area contributed by atoms with Gasteiger partial charge in [0.15, 0.2) is 0 Å². The van der Waals surface area contributed by atoms with Crippen LogP contribution in [0, 0.1) is 0 Å². The molecule has 0 aromatic carbocycles. The molecule has 1 aliphatic rings. The largest absolute Gasteiger partial charge is 0.506 e. The Kier molecular flexibility index (Phi) is 4.16. The number of carbonyl (C=O) groups is 1. The fraction of sp³-hybridized carbons (Fsp3) is 0.429. The SMILES string of the molecule is CC(NC(=O)c1cncc(O)c1)C1=CCN(C)CC1. The number of likely N-dealkylation sites (N-methyl/N-ethyl adjacent to an activating group) is 1. The van der Waals surface area contributed by atoms with Gasteiger partial charge in [0, 0.05) is 25.3 Å². The Labute approximate surface area is 113 Å². The van der Waals surface area contributed by atoms with E-state index in [0.717, 1.165) is 19.5 Å². The van der Waals surface area contributed by atoms with Crippen molar-refractivity contribution >= 4 is 5.91 Å². The molecule has 0 radical (unpaired) electrons. The van der Waals surface area contributed by atoms with E-state index < -0.39 is 0 Å². The second-order valence-electron chi connectivity index (χ2n) is 4.92. The first-order chi connectivity index (χ1) is 9.06. The number of hydrogen-bond acceptors (Lipinski definition) is 4. The van der Waals surface area contributed by atoms with Crippen molar-refractivity contribution < 1.29 is 9.90 Å². The number of aromatic nitrogens is 1. The standard InChI is InChI=1S/C14H19N3O2/c1-10(11-3-5-17(2)6-4-11)16-14(19)12-7-13(18)9-15-8-12/h3,7-10,18H,4-6H2,1-2H3,(H,16,19). The van der Waals surface area contributed by atoms with Crippen LogP contribution in [-0.2, 0) is 0 Å². The molecule has 0 bridgehead atoms. The number of pyridine rings is 1. The minimum absolute atomic E-state index is 0.00110. The van der Waals surface area contributed by atoms with Crippen molar-refractivity contribution in [3.8, 4) is 5.75 Å². The van der Waals surface area contributed by atoms with E-state index in [0.29, 0.717) is 5.56 Å². The summed E-state index contributed by atoms with van der Waals surface area (Å²) < 4.78 is 0. The van der Waals surface area contributed by atoms with Crippen molar-refractivity contribution in [1.82, 2.24) is 15.2 Å². The fourth-order valence-corrected chi connectivity index (χ4v) is 2.10. The highest BCUT2D eigenvalue weighted by molar-refractivity contribution is 5.94. The molecule has 102 valence electrons. The number of amides is 1. The highest BCUT2D eigenvalue weighted by Crippen LogP contribution is 2.14. The van der Waals surface area contributed by atoms with Crippen molar-refractivity contribution in [2.24, 2.45) is 0 Å². The molecular formula is C14H19N3O2. The lowest BCUT2D eigenvalue weighted by molar-refractivity contribution is 0.0943. The van der Waals surface area contributed by atoms with Crippen molar-refractivity contribution in [2.75, 3.05) is 20.1 Å². The molecule has 1 amide bonds. The highest BCUT2D eigenvalue weighted by Gasteiger charge is 2.16. The predicted octanol–water partition coefficient (Wildman–Crippen LogP) is 1.17. The first-order valence-corrected chi connectivity index (χ1v) is 6.38. The number of rotatable bonds is 3. The van der Waals surface area contributed by atoms with Gasteiger partial charge in [-0.2, -0.15) is 0 Å². The van der Waals surface area contributed by atoms with Crippen LogP contribution in [0.2, 0.25) is 0 Å². The molecule has 2 N–H and O–H groups in total. The number of carbonyl (C=O) groups excluding carboxylic acids is 1. The Morgan fingerprint density at radius 2 is 2.32 bits per heavy atom. The van der Waals surface area contributed by atoms with Crippen molar-refractivity contribution in [2.45, 2.75) is 19.4 Å². The molecule has 1 atom stereocenters. The summed E-state index contributed by atoms with van der Waals surface area (Å²) in [5.41, 5.74) is 1.62. The van der Waals surface area contributed by atoms with Gasteiger partial charge in [-0.1, -0.05) is 6.08 Å². The highest BCUT2D eigenvalue weighted by atomic mass is 16.3. The lowest BCUT2D eigenvalue weighted by Gasteiger charge is -2.26. The summed E-state index contributed by atoms with van der Waals surface area (Å²) in [4.78, 5) is 18.1. The van der Waals surface area contributed by atoms with Crippen molar-refractivity contribution in [1.29, 1.82) is 0 Å². The molecule has 1 aromatic heterocycles. The molecule has 19 heavy (non-hydrogen) atoms. The molecule has 1 aliphatic heterocycles. The Morgan fingerprint density at radius 3 is 2.95 bits per heavy atom. The monoisotopic (exact) mass is 261 g/mol. The van der Waals surface area contributed by atoms with Crippen LogP contribution in [0.3, 0.4) is 0 Å². The second kappa shape index (κ2) is 5.84. The van der Waals surface area contributed by atoms with Crippen LogP contribution in [0.1, 0.15) is 23.7 Å². The minimum Gasteiger partial charge on any atom is -0.506 e. The van der Waals surface area contributed by atoms with Crippen LogP contribution in [0.4, 0.5) is 0 Å². The average Bonchev–Trinajstić information content (AvgIpc) is 2.39. The van der Waals surface area contributed by atoms with Gasteiger partial charge in [-0.05, 0) is 32.0 Å². The van der Waals surface area contributed by atoms with Gasteiger partial charge in [0.25, 0.3) is 5.91 Å². The van der Waals surface area contributed by atoms with Crippen LogP contribution in [0.25, 0.3) is 0 Å². The maximum atomic E-state index is 12.0. The lowest BCUT2D eigenvalue weighted by Crippen LogP contribution is -2.37. The zero-order valence-corrected chi connectivity index (χ0v) is 11.3. The Balaban J connectivity index is 1.99. The van der Waals surface area contributed by atoms with E-state index >= 15 is 0 Å². The molecule has 1 unspecified atom stereocenters. The van der Waals surface area contributed by atoms with Crippen LogP contribution in [0.5, 0.6) is 5.75 Å². The topological polar surface area (TPSA) is 65.5 Å². The Morgan fingerprint density at radius 1 is 1.53 bits per heavy atom. The normalized spacial score (nSPS) is 17.7. The zero-order chi connectivity index (χ0) is 13.8. The van der Waals surface area contributed by atoms with Gasteiger partial charge < -0.3 is 15.3 Å². The Hall–Kier alpha value is -1.88. The number of nitrogens with one attached hydrogen (secondary N) is 1. The van der Waals surface area contributed by atoms with Crippen LogP contribution < -0.4 is 5.32 Å². The molecule has 0 saturated carbocycles. The quantitative estimate of drug-likeness (QED) is 0.802. The molecular weight excluding hydrogens is 242 g/mol. The van der Waals surface area contributed by atoms with Gasteiger partial charge in [0.05, 0.1) is 11.8 Å². The number of nitrogens with zero attached hydrogens (tertiary/aromatic N) is 2. The molecule has 0 saturated heterocycles. The molecule has 0 spiro atoms. The molecule has 0 fully saturated rings. The smallest absolute Gasteiger partial charge is 0.253 e. The van der Waals surface area contributed by atoms with Crippen molar-refractivity contribution in [3.63, 3.8) is 0 Å². The van der Waals surface area contributed by atoms with E-state index in [9.17, 15) is 9.90 Å². The van der Waals surface area contributed by atoms with E-state index in [1.807, 2.05) is 6.92 Å². The predicted molar refractivity (Wildman–Crippen MR) is 73.0 cm³/mol. The van der Waals surface area contributed by atoms with Crippen molar-refractivity contribution in [3.05, 3.63) is 35.7 Å². The first-order valence-electron chi connectivity index (χ1n) is 6.38. The summed E-state index contributed by atoms with van der Waals surface area (Å²) in [7, 11) is 2.08. The summed E-state index contributed by atoms with van der Waals surface area (Å²) in [6, 6.07) is 1.42. The van der Waals surface area contributed by atoms with Gasteiger partial charge in [0.1, 0.15) is 5.75 Å². The maximum absolute atomic E-state index is 12.0. The van der Waals surface area contributed by atoms with Gasteiger partial charge in [0.2, 0.25) is 0 Å². The molecule has 0 aliphatic carbocycles. The van der Waals surface area contributed by atoms with E-state index in [4.69, 9.17) is 0 Å². The average molecular weight is 261 g/mol. The van der Waals surface area contributed by atoms with Gasteiger partial charge in [-0.3, -0.25) is 9.78 Å². The first kappa shape index (κ1) is 13.5. The van der Waals surface area contributed by atoms with Gasteiger partial charge in [-0.15, -0.1) is 0 Å². The molecule has 1 aromatic rings. The summed E-state index contributed by atoms with van der Waals surface area (Å²) >= 11 is 0. The molecule has 2 rings (SSSR count). The molecule has 5 heteroatoms. The van der Waals surface area contributed by atoms with E-state index in [1.165, 1.54) is 24.0 Å². The molecule has 2 heterocycles. The maximum Gasteiger partial charge on any atom is 0.253 e. The minimum atomic E-state index is -0.212. The van der Waals surface area contributed by atoms with Gasteiger partial charge in [-0.25, -0.2) is 0 Å². The third kappa shape index (κ3) is 3.54. The summed E-state index contributed by atoms with van der Waals surface area (Å²) in [5.74, 6) is -0.213.